The van der Waals surface area contributed by atoms with Gasteiger partial charge in [-0.05, 0) is 86.2 Å². The number of benzene rings is 2. The zero-order valence-corrected chi connectivity index (χ0v) is 21.1. The number of aryl methyl sites for hydroxylation is 1. The van der Waals surface area contributed by atoms with E-state index in [0.29, 0.717) is 5.11 Å². The van der Waals surface area contributed by atoms with Gasteiger partial charge in [-0.25, -0.2) is 0 Å². The Labute approximate surface area is 211 Å². The number of aromatic nitrogens is 2. The summed E-state index contributed by atoms with van der Waals surface area (Å²) in [7, 11) is 4.07. The van der Waals surface area contributed by atoms with E-state index in [-0.39, 0.29) is 17.8 Å². The van der Waals surface area contributed by atoms with Crippen molar-refractivity contribution in [1.29, 1.82) is 0 Å². The molecule has 1 aliphatic rings. The molecule has 2 N–H and O–H groups in total. The van der Waals surface area contributed by atoms with Crippen LogP contribution in [0.3, 0.4) is 0 Å². The van der Waals surface area contributed by atoms with Crippen molar-refractivity contribution >= 4 is 28.7 Å². The Morgan fingerprint density at radius 1 is 0.971 bits per heavy atom. The van der Waals surface area contributed by atoms with Gasteiger partial charge in [-0.15, -0.1) is 0 Å². The minimum Gasteiger partial charge on any atom is -0.506 e. The van der Waals surface area contributed by atoms with Gasteiger partial charge >= 0.3 is 0 Å². The predicted molar refractivity (Wildman–Crippen MR) is 146 cm³/mol. The van der Waals surface area contributed by atoms with E-state index in [9.17, 15) is 5.11 Å². The van der Waals surface area contributed by atoms with E-state index in [1.54, 1.807) is 6.07 Å². The van der Waals surface area contributed by atoms with Crippen molar-refractivity contribution in [2.45, 2.75) is 25.9 Å². The maximum atomic E-state index is 10.6. The molecule has 1 fully saturated rings. The number of rotatable bonds is 5. The molecule has 5 rings (SSSR count). The number of thiocarbonyl (C=S) groups is 1. The fraction of sp³-hybridized carbons (Fsp3) is 0.214. The van der Waals surface area contributed by atoms with Gasteiger partial charge in [-0.3, -0.25) is 4.98 Å². The van der Waals surface area contributed by atoms with Crippen molar-refractivity contribution in [3.8, 4) is 11.4 Å². The van der Waals surface area contributed by atoms with Crippen molar-refractivity contribution in [1.82, 2.24) is 14.9 Å². The summed E-state index contributed by atoms with van der Waals surface area (Å²) in [6.45, 7) is 4.16. The van der Waals surface area contributed by atoms with Crippen molar-refractivity contribution < 1.29 is 5.11 Å². The van der Waals surface area contributed by atoms with E-state index in [1.165, 1.54) is 0 Å². The van der Waals surface area contributed by atoms with Gasteiger partial charge in [0.2, 0.25) is 0 Å². The van der Waals surface area contributed by atoms with Crippen LogP contribution in [0, 0.1) is 13.8 Å². The summed E-state index contributed by atoms with van der Waals surface area (Å²) in [6.07, 6.45) is 1.82. The predicted octanol–water partition coefficient (Wildman–Crippen LogP) is 5.44. The van der Waals surface area contributed by atoms with Crippen LogP contribution in [-0.2, 0) is 0 Å². The van der Waals surface area contributed by atoms with Gasteiger partial charge in [0.1, 0.15) is 5.75 Å². The first-order chi connectivity index (χ1) is 16.9. The third-order valence-corrected chi connectivity index (χ3v) is 6.97. The van der Waals surface area contributed by atoms with Crippen molar-refractivity contribution in [3.05, 3.63) is 102 Å². The minimum absolute atomic E-state index is 0.117. The Balaban J connectivity index is 1.67. The van der Waals surface area contributed by atoms with Crippen LogP contribution in [0.15, 0.2) is 79.0 Å². The molecule has 4 aromatic rings. The molecule has 6 nitrogen and oxygen atoms in total. The fourth-order valence-electron chi connectivity index (χ4n) is 4.97. The average Bonchev–Trinajstić information content (AvgIpc) is 3.35. The lowest BCUT2D eigenvalue weighted by Gasteiger charge is -2.28. The lowest BCUT2D eigenvalue weighted by Crippen LogP contribution is -2.29. The Morgan fingerprint density at radius 3 is 2.34 bits per heavy atom. The first kappa shape index (κ1) is 22.9. The quantitative estimate of drug-likeness (QED) is 0.369. The third-order valence-electron chi connectivity index (χ3n) is 6.65. The minimum atomic E-state index is -0.129. The maximum absolute atomic E-state index is 10.6. The SMILES string of the molecule is Cc1cc([C@@H]2[C@H](c3ccccn3)NC(=S)N2c2ccc(N(C)C)cc2)c(C)n1-c1ccccc1O. The van der Waals surface area contributed by atoms with Crippen LogP contribution in [0.2, 0.25) is 0 Å². The molecule has 0 radical (unpaired) electrons. The zero-order chi connectivity index (χ0) is 24.7. The van der Waals surface area contributed by atoms with Gasteiger partial charge in [0.25, 0.3) is 0 Å². The number of pyridine rings is 1. The normalized spacial score (nSPS) is 17.5. The molecule has 35 heavy (non-hydrogen) atoms. The van der Waals surface area contributed by atoms with Crippen molar-refractivity contribution in [2.24, 2.45) is 0 Å². The van der Waals surface area contributed by atoms with Crippen LogP contribution in [0.4, 0.5) is 11.4 Å². The molecule has 1 saturated heterocycles. The molecule has 0 amide bonds. The summed E-state index contributed by atoms with van der Waals surface area (Å²) >= 11 is 5.89. The highest BCUT2D eigenvalue weighted by Gasteiger charge is 2.42. The summed E-state index contributed by atoms with van der Waals surface area (Å²) < 4.78 is 2.11. The van der Waals surface area contributed by atoms with Crippen LogP contribution in [0.5, 0.6) is 5.75 Å². The highest BCUT2D eigenvalue weighted by molar-refractivity contribution is 7.80. The molecule has 0 unspecified atom stereocenters. The second-order valence-electron chi connectivity index (χ2n) is 9.06. The number of nitrogens with one attached hydrogen (secondary N) is 1. The average molecular weight is 484 g/mol. The summed E-state index contributed by atoms with van der Waals surface area (Å²) in [6, 6.07) is 23.8. The highest BCUT2D eigenvalue weighted by Crippen LogP contribution is 2.44. The molecule has 1 aliphatic heterocycles. The first-order valence-corrected chi connectivity index (χ1v) is 12.0. The standard InChI is InChI=1S/C28H29N5OS/c1-18-17-22(19(2)32(18)24-10-5-6-11-25(24)34)27-26(23-9-7-8-16-29-23)30-28(35)33(27)21-14-12-20(13-15-21)31(3)4/h5-17,26-27,34H,1-4H3,(H,30,35)/t26-,27+/m0/s1. The number of anilines is 2. The third kappa shape index (κ3) is 4.02. The summed E-state index contributed by atoms with van der Waals surface area (Å²) in [5.41, 5.74) is 7.06. The maximum Gasteiger partial charge on any atom is 0.174 e. The highest BCUT2D eigenvalue weighted by atomic mass is 32.1. The first-order valence-electron chi connectivity index (χ1n) is 11.6. The lowest BCUT2D eigenvalue weighted by molar-refractivity contribution is 0.471. The molecule has 7 heteroatoms. The van der Waals surface area contributed by atoms with Gasteiger partial charge in [0, 0.05) is 43.1 Å². The molecule has 0 spiro atoms. The Kier molecular flexibility index (Phi) is 5.94. The monoisotopic (exact) mass is 483 g/mol. The summed E-state index contributed by atoms with van der Waals surface area (Å²) in [4.78, 5) is 8.93. The van der Waals surface area contributed by atoms with Crippen LogP contribution < -0.4 is 15.1 Å². The van der Waals surface area contributed by atoms with Gasteiger partial charge in [0.15, 0.2) is 5.11 Å². The molecule has 2 aromatic carbocycles. The van der Waals surface area contributed by atoms with Crippen molar-refractivity contribution in [3.63, 3.8) is 0 Å². The molecular formula is C28H29N5OS. The second-order valence-corrected chi connectivity index (χ2v) is 9.44. The molecule has 178 valence electrons. The molecule has 3 heterocycles. The van der Waals surface area contributed by atoms with E-state index in [0.717, 1.165) is 39.7 Å². The molecule has 0 saturated carbocycles. The number of aromatic hydroxyl groups is 1. The number of phenolic OH excluding ortho intramolecular Hbond substituents is 1. The summed E-state index contributed by atoms with van der Waals surface area (Å²) in [5.74, 6) is 0.248. The van der Waals surface area contributed by atoms with Crippen LogP contribution >= 0.6 is 12.2 Å². The van der Waals surface area contributed by atoms with E-state index < -0.39 is 0 Å². The van der Waals surface area contributed by atoms with Gasteiger partial charge in [0.05, 0.1) is 23.5 Å². The zero-order valence-electron chi connectivity index (χ0n) is 20.3. The largest absolute Gasteiger partial charge is 0.506 e. The van der Waals surface area contributed by atoms with Gasteiger partial charge in [-0.1, -0.05) is 18.2 Å². The van der Waals surface area contributed by atoms with E-state index in [1.807, 2.05) is 56.7 Å². The topological polar surface area (TPSA) is 56.6 Å². The Bertz CT molecular complexity index is 1360. The number of nitrogens with zero attached hydrogens (tertiary/aromatic N) is 4. The Hall–Kier alpha value is -3.84. The van der Waals surface area contributed by atoms with E-state index in [2.05, 4.69) is 68.8 Å². The second kappa shape index (κ2) is 9.07. The molecular weight excluding hydrogens is 454 g/mol. The molecule has 2 aromatic heterocycles. The van der Waals surface area contributed by atoms with Crippen LogP contribution in [0.25, 0.3) is 5.69 Å². The molecule has 0 aliphatic carbocycles. The smallest absolute Gasteiger partial charge is 0.174 e. The summed E-state index contributed by atoms with van der Waals surface area (Å²) in [5, 5.41) is 14.8. The Morgan fingerprint density at radius 2 is 1.69 bits per heavy atom. The van der Waals surface area contributed by atoms with Gasteiger partial charge in [-0.2, -0.15) is 0 Å². The van der Waals surface area contributed by atoms with Crippen molar-refractivity contribution in [2.75, 3.05) is 23.9 Å². The number of phenols is 1. The molecule has 0 bridgehead atoms. The fourth-order valence-corrected chi connectivity index (χ4v) is 5.32. The number of para-hydroxylation sites is 2. The number of hydrogen-bond donors (Lipinski definition) is 2. The van der Waals surface area contributed by atoms with E-state index in [4.69, 9.17) is 12.2 Å². The number of hydrogen-bond acceptors (Lipinski definition) is 4. The van der Waals surface area contributed by atoms with Gasteiger partial charge < -0.3 is 24.8 Å². The van der Waals surface area contributed by atoms with Crippen LogP contribution in [0.1, 0.15) is 34.7 Å². The lowest BCUT2D eigenvalue weighted by atomic mass is 9.96. The van der Waals surface area contributed by atoms with Crippen LogP contribution in [-0.4, -0.2) is 33.9 Å². The van der Waals surface area contributed by atoms with E-state index >= 15 is 0 Å². The molecule has 2 atom stereocenters.